The highest BCUT2D eigenvalue weighted by molar-refractivity contribution is 5.60. The number of hydrogen-bond donors (Lipinski definition) is 1. The second kappa shape index (κ2) is 5.10. The Morgan fingerprint density at radius 1 is 1.24 bits per heavy atom. The van der Waals surface area contributed by atoms with Crippen LogP contribution in [0.5, 0.6) is 0 Å². The highest BCUT2D eigenvalue weighted by Crippen LogP contribution is 2.21. The van der Waals surface area contributed by atoms with Crippen LogP contribution in [0.3, 0.4) is 0 Å². The molecule has 4 heteroatoms. The number of nitrogens with zero attached hydrogens (tertiary/aromatic N) is 3. The third-order valence-electron chi connectivity index (χ3n) is 2.95. The van der Waals surface area contributed by atoms with Crippen LogP contribution < -0.4 is 0 Å². The molecule has 2 aromatic rings. The fraction of sp³-hybridized carbons (Fsp3) is 0.385. The van der Waals surface area contributed by atoms with Crippen LogP contribution in [0.1, 0.15) is 17.5 Å². The normalized spacial score (nSPS) is 10.8. The Bertz CT molecular complexity index is 505. The molecule has 0 aliphatic heterocycles. The van der Waals surface area contributed by atoms with Gasteiger partial charge in [-0.2, -0.15) is 0 Å². The summed E-state index contributed by atoms with van der Waals surface area (Å²) < 4.78 is 1.83. The maximum Gasteiger partial charge on any atom is 0.0885 e. The number of rotatable bonds is 4. The van der Waals surface area contributed by atoms with Crippen LogP contribution in [0.4, 0.5) is 0 Å². The van der Waals surface area contributed by atoms with Gasteiger partial charge in [0.15, 0.2) is 0 Å². The molecule has 0 aliphatic rings. The van der Waals surface area contributed by atoms with Gasteiger partial charge in [-0.15, -0.1) is 5.10 Å². The van der Waals surface area contributed by atoms with Crippen molar-refractivity contribution in [2.45, 2.75) is 26.8 Å². The van der Waals surface area contributed by atoms with Crippen molar-refractivity contribution in [3.05, 3.63) is 35.5 Å². The standard InChI is InChI=1S/C13H17N3O/c1-10-4-5-12(8-11(10)2)13-9-14-15-16(13)6-3-7-17/h4-5,8-9,17H,3,6-7H2,1-2H3. The fourth-order valence-corrected chi connectivity index (χ4v) is 1.77. The van der Waals surface area contributed by atoms with Crippen molar-refractivity contribution in [2.24, 2.45) is 0 Å². The number of aliphatic hydroxyl groups is 1. The van der Waals surface area contributed by atoms with Crippen LogP contribution in [0.15, 0.2) is 24.4 Å². The molecule has 0 bridgehead atoms. The van der Waals surface area contributed by atoms with Gasteiger partial charge in [0.05, 0.1) is 11.9 Å². The first-order valence-corrected chi connectivity index (χ1v) is 5.79. The van der Waals surface area contributed by atoms with Gasteiger partial charge < -0.3 is 5.11 Å². The summed E-state index contributed by atoms with van der Waals surface area (Å²) >= 11 is 0. The Balaban J connectivity index is 2.32. The van der Waals surface area contributed by atoms with E-state index in [-0.39, 0.29) is 6.61 Å². The van der Waals surface area contributed by atoms with Crippen molar-refractivity contribution in [3.63, 3.8) is 0 Å². The molecule has 0 fully saturated rings. The van der Waals surface area contributed by atoms with E-state index in [1.54, 1.807) is 6.20 Å². The van der Waals surface area contributed by atoms with E-state index in [1.165, 1.54) is 11.1 Å². The van der Waals surface area contributed by atoms with Crippen molar-refractivity contribution in [3.8, 4) is 11.3 Å². The summed E-state index contributed by atoms with van der Waals surface area (Å²) in [7, 11) is 0. The number of aryl methyl sites for hydroxylation is 3. The summed E-state index contributed by atoms with van der Waals surface area (Å²) in [6, 6.07) is 6.33. The predicted octanol–water partition coefficient (Wildman–Crippen LogP) is 1.94. The quantitative estimate of drug-likeness (QED) is 0.875. The Morgan fingerprint density at radius 3 is 2.76 bits per heavy atom. The molecule has 17 heavy (non-hydrogen) atoms. The Labute approximate surface area is 101 Å². The van der Waals surface area contributed by atoms with Crippen LogP contribution in [0.2, 0.25) is 0 Å². The van der Waals surface area contributed by atoms with Gasteiger partial charge in [-0.25, -0.2) is 4.68 Å². The van der Waals surface area contributed by atoms with Crippen molar-refractivity contribution in [1.82, 2.24) is 15.0 Å². The van der Waals surface area contributed by atoms with E-state index >= 15 is 0 Å². The van der Waals surface area contributed by atoms with Crippen molar-refractivity contribution < 1.29 is 5.11 Å². The van der Waals surface area contributed by atoms with Gasteiger partial charge in [-0.05, 0) is 37.5 Å². The molecule has 1 aromatic carbocycles. The molecule has 0 amide bonds. The lowest BCUT2D eigenvalue weighted by molar-refractivity contribution is 0.276. The van der Waals surface area contributed by atoms with Gasteiger partial charge in [-0.1, -0.05) is 17.3 Å². The lowest BCUT2D eigenvalue weighted by Gasteiger charge is -2.07. The summed E-state index contributed by atoms with van der Waals surface area (Å²) in [5.41, 5.74) is 4.66. The monoisotopic (exact) mass is 231 g/mol. The molecule has 1 aromatic heterocycles. The van der Waals surface area contributed by atoms with Gasteiger partial charge >= 0.3 is 0 Å². The molecule has 1 N–H and O–H groups in total. The van der Waals surface area contributed by atoms with Crippen LogP contribution in [-0.2, 0) is 6.54 Å². The second-order valence-electron chi connectivity index (χ2n) is 4.22. The topological polar surface area (TPSA) is 50.9 Å². The number of hydrogen-bond acceptors (Lipinski definition) is 3. The summed E-state index contributed by atoms with van der Waals surface area (Å²) in [4.78, 5) is 0. The maximum atomic E-state index is 8.85. The largest absolute Gasteiger partial charge is 0.396 e. The minimum absolute atomic E-state index is 0.173. The minimum Gasteiger partial charge on any atom is -0.396 e. The molecule has 0 radical (unpaired) electrons. The molecule has 0 unspecified atom stereocenters. The van der Waals surface area contributed by atoms with E-state index in [9.17, 15) is 0 Å². The molecular formula is C13H17N3O. The van der Waals surface area contributed by atoms with Gasteiger partial charge in [0, 0.05) is 18.7 Å². The summed E-state index contributed by atoms with van der Waals surface area (Å²) in [6.45, 7) is 5.06. The number of aromatic nitrogens is 3. The molecule has 0 saturated heterocycles. The average Bonchev–Trinajstić information content (AvgIpc) is 2.78. The van der Waals surface area contributed by atoms with Gasteiger partial charge in [0.1, 0.15) is 0 Å². The van der Waals surface area contributed by atoms with Gasteiger partial charge in [0.25, 0.3) is 0 Å². The zero-order valence-electron chi connectivity index (χ0n) is 10.2. The molecule has 0 spiro atoms. The zero-order valence-corrected chi connectivity index (χ0v) is 10.2. The molecule has 90 valence electrons. The van der Waals surface area contributed by atoms with Crippen LogP contribution in [-0.4, -0.2) is 26.7 Å². The van der Waals surface area contributed by atoms with Crippen LogP contribution in [0, 0.1) is 13.8 Å². The Morgan fingerprint density at radius 2 is 2.06 bits per heavy atom. The molecule has 1 heterocycles. The molecule has 4 nitrogen and oxygen atoms in total. The highest BCUT2D eigenvalue weighted by atomic mass is 16.3. The molecule has 0 saturated carbocycles. The van der Waals surface area contributed by atoms with E-state index in [0.717, 1.165) is 11.3 Å². The SMILES string of the molecule is Cc1ccc(-c2cnnn2CCCO)cc1C. The number of benzene rings is 1. The summed E-state index contributed by atoms with van der Waals surface area (Å²) in [6.07, 6.45) is 2.46. The van der Waals surface area contributed by atoms with Gasteiger partial charge in [0.2, 0.25) is 0 Å². The lowest BCUT2D eigenvalue weighted by Crippen LogP contribution is -2.04. The highest BCUT2D eigenvalue weighted by Gasteiger charge is 2.07. The zero-order chi connectivity index (χ0) is 12.3. The van der Waals surface area contributed by atoms with Gasteiger partial charge in [-0.3, -0.25) is 0 Å². The smallest absolute Gasteiger partial charge is 0.0885 e. The molecular weight excluding hydrogens is 214 g/mol. The third kappa shape index (κ3) is 2.53. The van der Waals surface area contributed by atoms with Crippen LogP contribution >= 0.6 is 0 Å². The van der Waals surface area contributed by atoms with E-state index in [1.807, 2.05) is 4.68 Å². The molecule has 0 aliphatic carbocycles. The molecule has 2 rings (SSSR count). The van der Waals surface area contributed by atoms with Crippen molar-refractivity contribution >= 4 is 0 Å². The summed E-state index contributed by atoms with van der Waals surface area (Å²) in [5, 5.41) is 16.8. The van der Waals surface area contributed by atoms with E-state index in [0.29, 0.717) is 13.0 Å². The van der Waals surface area contributed by atoms with E-state index in [4.69, 9.17) is 5.11 Å². The first-order valence-electron chi connectivity index (χ1n) is 5.79. The van der Waals surface area contributed by atoms with Crippen molar-refractivity contribution in [2.75, 3.05) is 6.61 Å². The minimum atomic E-state index is 0.173. The molecule has 0 atom stereocenters. The first kappa shape index (κ1) is 11.8. The summed E-state index contributed by atoms with van der Waals surface area (Å²) in [5.74, 6) is 0. The first-order chi connectivity index (χ1) is 8.22. The number of aliphatic hydroxyl groups excluding tert-OH is 1. The van der Waals surface area contributed by atoms with E-state index in [2.05, 4.69) is 42.4 Å². The fourth-order valence-electron chi connectivity index (χ4n) is 1.77. The Kier molecular flexibility index (Phi) is 3.54. The predicted molar refractivity (Wildman–Crippen MR) is 66.6 cm³/mol. The lowest BCUT2D eigenvalue weighted by atomic mass is 10.0. The average molecular weight is 231 g/mol. The maximum absolute atomic E-state index is 8.85. The second-order valence-corrected chi connectivity index (χ2v) is 4.22. The third-order valence-corrected chi connectivity index (χ3v) is 2.95. The van der Waals surface area contributed by atoms with Crippen molar-refractivity contribution in [1.29, 1.82) is 0 Å². The Hall–Kier alpha value is -1.68. The van der Waals surface area contributed by atoms with Crippen LogP contribution in [0.25, 0.3) is 11.3 Å². The van der Waals surface area contributed by atoms with E-state index < -0.39 is 0 Å².